The molecule has 86 valence electrons. The fourth-order valence-electron chi connectivity index (χ4n) is 1.30. The molecule has 0 aliphatic heterocycles. The quantitative estimate of drug-likeness (QED) is 0.330. The highest BCUT2D eigenvalue weighted by Crippen LogP contribution is 2.06. The van der Waals surface area contributed by atoms with Crippen molar-refractivity contribution in [2.75, 3.05) is 6.61 Å². The third kappa shape index (κ3) is 12.9. The summed E-state index contributed by atoms with van der Waals surface area (Å²) < 4.78 is 4.84. The monoisotopic (exact) mass is 210 g/mol. The molecule has 0 fully saturated rings. The van der Waals surface area contributed by atoms with Crippen molar-refractivity contribution < 1.29 is 9.53 Å². The SMILES string of the molecule is C=C/C=C\CCCCCCCOC(C)=O. The van der Waals surface area contributed by atoms with E-state index in [-0.39, 0.29) is 5.97 Å². The summed E-state index contributed by atoms with van der Waals surface area (Å²) in [7, 11) is 0. The molecule has 2 heteroatoms. The molecule has 0 aliphatic carbocycles. The van der Waals surface area contributed by atoms with Crippen LogP contribution in [0.1, 0.15) is 45.4 Å². The Morgan fingerprint density at radius 2 is 1.87 bits per heavy atom. The van der Waals surface area contributed by atoms with Crippen LogP contribution < -0.4 is 0 Å². The lowest BCUT2D eigenvalue weighted by atomic mass is 10.1. The molecule has 0 N–H and O–H groups in total. The van der Waals surface area contributed by atoms with Crippen LogP contribution in [0, 0.1) is 0 Å². The number of unbranched alkanes of at least 4 members (excludes halogenated alkanes) is 5. The third-order valence-electron chi connectivity index (χ3n) is 2.09. The standard InChI is InChI=1S/C13H22O2/c1-3-4-5-6-7-8-9-10-11-12-15-13(2)14/h3-5H,1,6-12H2,2H3/b5-4-. The van der Waals surface area contributed by atoms with Crippen molar-refractivity contribution in [2.45, 2.75) is 45.4 Å². The number of allylic oxidation sites excluding steroid dienone is 3. The zero-order valence-electron chi connectivity index (χ0n) is 9.71. The first-order valence-electron chi connectivity index (χ1n) is 5.68. The summed E-state index contributed by atoms with van der Waals surface area (Å²) in [5.74, 6) is -0.176. The van der Waals surface area contributed by atoms with Crippen molar-refractivity contribution in [1.82, 2.24) is 0 Å². The number of esters is 1. The number of hydrogen-bond acceptors (Lipinski definition) is 2. The first kappa shape index (κ1) is 13.9. The second-order valence-electron chi connectivity index (χ2n) is 3.56. The van der Waals surface area contributed by atoms with Gasteiger partial charge >= 0.3 is 5.97 Å². The van der Waals surface area contributed by atoms with Gasteiger partial charge in [0.1, 0.15) is 0 Å². The minimum Gasteiger partial charge on any atom is -0.466 e. The van der Waals surface area contributed by atoms with Gasteiger partial charge in [0, 0.05) is 6.92 Å². The van der Waals surface area contributed by atoms with E-state index in [9.17, 15) is 4.79 Å². The van der Waals surface area contributed by atoms with Crippen LogP contribution in [0.15, 0.2) is 24.8 Å². The molecule has 0 saturated heterocycles. The Kier molecular flexibility index (Phi) is 10.3. The summed E-state index contributed by atoms with van der Waals surface area (Å²) >= 11 is 0. The maximum atomic E-state index is 10.4. The van der Waals surface area contributed by atoms with Gasteiger partial charge in [0.05, 0.1) is 6.61 Å². The highest BCUT2D eigenvalue weighted by atomic mass is 16.5. The predicted octanol–water partition coefficient (Wildman–Crippen LogP) is 3.63. The van der Waals surface area contributed by atoms with E-state index in [0.717, 1.165) is 19.3 Å². The molecular formula is C13H22O2. The summed E-state index contributed by atoms with van der Waals surface area (Å²) in [5.41, 5.74) is 0. The molecule has 0 aromatic heterocycles. The molecule has 0 rings (SSSR count). The highest BCUT2D eigenvalue weighted by molar-refractivity contribution is 5.65. The molecule has 0 bridgehead atoms. The van der Waals surface area contributed by atoms with E-state index in [1.165, 1.54) is 26.2 Å². The Balaban J connectivity index is 3.01. The lowest BCUT2D eigenvalue weighted by Crippen LogP contribution is -1.99. The van der Waals surface area contributed by atoms with Crippen molar-refractivity contribution in [3.05, 3.63) is 24.8 Å². The van der Waals surface area contributed by atoms with Gasteiger partial charge in [0.15, 0.2) is 0 Å². The predicted molar refractivity (Wildman–Crippen MR) is 63.7 cm³/mol. The van der Waals surface area contributed by atoms with E-state index in [2.05, 4.69) is 12.7 Å². The highest BCUT2D eigenvalue weighted by Gasteiger charge is 1.93. The van der Waals surface area contributed by atoms with Crippen LogP contribution >= 0.6 is 0 Å². The van der Waals surface area contributed by atoms with Crippen LogP contribution in [0.25, 0.3) is 0 Å². The van der Waals surface area contributed by atoms with Crippen molar-refractivity contribution in [2.24, 2.45) is 0 Å². The summed E-state index contributed by atoms with van der Waals surface area (Å²) in [6.07, 6.45) is 12.9. The smallest absolute Gasteiger partial charge is 0.302 e. The minimum atomic E-state index is -0.176. The topological polar surface area (TPSA) is 26.3 Å². The van der Waals surface area contributed by atoms with E-state index in [1.54, 1.807) is 6.08 Å². The summed E-state index contributed by atoms with van der Waals surface area (Å²) in [6, 6.07) is 0. The number of rotatable bonds is 9. The van der Waals surface area contributed by atoms with Gasteiger partial charge in [-0.2, -0.15) is 0 Å². The largest absolute Gasteiger partial charge is 0.466 e. The average molecular weight is 210 g/mol. The number of carbonyl (C=O) groups excluding carboxylic acids is 1. The normalized spacial score (nSPS) is 10.5. The summed E-state index contributed by atoms with van der Waals surface area (Å²) in [4.78, 5) is 10.4. The van der Waals surface area contributed by atoms with Crippen LogP contribution in [0.2, 0.25) is 0 Å². The van der Waals surface area contributed by atoms with Gasteiger partial charge in [-0.05, 0) is 19.3 Å². The first-order chi connectivity index (χ1) is 7.27. The van der Waals surface area contributed by atoms with Crippen LogP contribution in [0.5, 0.6) is 0 Å². The Labute approximate surface area is 93.0 Å². The molecule has 0 spiro atoms. The minimum absolute atomic E-state index is 0.176. The van der Waals surface area contributed by atoms with Gasteiger partial charge in [-0.25, -0.2) is 0 Å². The fourth-order valence-corrected chi connectivity index (χ4v) is 1.30. The lowest BCUT2D eigenvalue weighted by molar-refractivity contribution is -0.141. The molecule has 0 unspecified atom stereocenters. The molecule has 0 heterocycles. The van der Waals surface area contributed by atoms with Crippen molar-refractivity contribution >= 4 is 5.97 Å². The molecule has 0 saturated carbocycles. The second-order valence-corrected chi connectivity index (χ2v) is 3.56. The van der Waals surface area contributed by atoms with E-state index < -0.39 is 0 Å². The maximum Gasteiger partial charge on any atom is 0.302 e. The lowest BCUT2D eigenvalue weighted by Gasteiger charge is -2.01. The Bertz CT molecular complexity index is 195. The van der Waals surface area contributed by atoms with Crippen LogP contribution in [0.4, 0.5) is 0 Å². The van der Waals surface area contributed by atoms with Crippen LogP contribution in [-0.2, 0) is 9.53 Å². The Morgan fingerprint density at radius 3 is 2.53 bits per heavy atom. The van der Waals surface area contributed by atoms with Gasteiger partial charge in [-0.1, -0.05) is 44.1 Å². The molecule has 2 nitrogen and oxygen atoms in total. The van der Waals surface area contributed by atoms with E-state index >= 15 is 0 Å². The van der Waals surface area contributed by atoms with Gasteiger partial charge < -0.3 is 4.74 Å². The molecule has 0 amide bonds. The molecule has 0 atom stereocenters. The van der Waals surface area contributed by atoms with Crippen LogP contribution in [0.3, 0.4) is 0 Å². The van der Waals surface area contributed by atoms with E-state index in [4.69, 9.17) is 4.74 Å². The van der Waals surface area contributed by atoms with Crippen LogP contribution in [-0.4, -0.2) is 12.6 Å². The number of hydrogen-bond donors (Lipinski definition) is 0. The summed E-state index contributed by atoms with van der Waals surface area (Å²) in [5, 5.41) is 0. The molecule has 15 heavy (non-hydrogen) atoms. The first-order valence-corrected chi connectivity index (χ1v) is 5.68. The van der Waals surface area contributed by atoms with Gasteiger partial charge in [-0.15, -0.1) is 0 Å². The average Bonchev–Trinajstić information content (AvgIpc) is 2.20. The number of carbonyl (C=O) groups is 1. The zero-order valence-corrected chi connectivity index (χ0v) is 9.71. The van der Waals surface area contributed by atoms with E-state index in [0.29, 0.717) is 6.61 Å². The number of ether oxygens (including phenoxy) is 1. The third-order valence-corrected chi connectivity index (χ3v) is 2.09. The van der Waals surface area contributed by atoms with Gasteiger partial charge in [-0.3, -0.25) is 4.79 Å². The van der Waals surface area contributed by atoms with E-state index in [1.807, 2.05) is 6.08 Å². The van der Waals surface area contributed by atoms with Gasteiger partial charge in [0.25, 0.3) is 0 Å². The molecule has 0 aliphatic rings. The van der Waals surface area contributed by atoms with Crippen molar-refractivity contribution in [3.63, 3.8) is 0 Å². The molecular weight excluding hydrogens is 188 g/mol. The van der Waals surface area contributed by atoms with Crippen molar-refractivity contribution in [1.29, 1.82) is 0 Å². The Morgan fingerprint density at radius 1 is 1.20 bits per heavy atom. The van der Waals surface area contributed by atoms with Gasteiger partial charge in [0.2, 0.25) is 0 Å². The zero-order chi connectivity index (χ0) is 11.4. The molecule has 0 radical (unpaired) electrons. The molecule has 0 aromatic carbocycles. The summed E-state index contributed by atoms with van der Waals surface area (Å²) in [6.45, 7) is 5.64. The Hall–Kier alpha value is -1.05. The van der Waals surface area contributed by atoms with Crippen molar-refractivity contribution in [3.8, 4) is 0 Å². The fraction of sp³-hybridized carbons (Fsp3) is 0.615. The maximum absolute atomic E-state index is 10.4. The molecule has 0 aromatic rings. The second kappa shape index (κ2) is 11.0.